The maximum atomic E-state index is 12.9. The second-order valence-electron chi connectivity index (χ2n) is 6.68. The SMILES string of the molecule is Cn1cc(S(=O)(=O)N2CCN(C(=O)c3ccccc3SCC#N)CC2)cc1C(N)=O. The van der Waals surface area contributed by atoms with E-state index < -0.39 is 15.9 Å². The Morgan fingerprint density at radius 2 is 1.87 bits per heavy atom. The van der Waals surface area contributed by atoms with E-state index in [9.17, 15) is 18.0 Å². The van der Waals surface area contributed by atoms with Crippen molar-refractivity contribution in [3.63, 3.8) is 0 Å². The number of primary amides is 1. The lowest BCUT2D eigenvalue weighted by molar-refractivity contribution is 0.0694. The number of nitrogens with two attached hydrogens (primary N) is 1. The normalized spacial score (nSPS) is 15.0. The van der Waals surface area contributed by atoms with Crippen LogP contribution in [0, 0.1) is 11.3 Å². The first-order valence-electron chi connectivity index (χ1n) is 9.10. The van der Waals surface area contributed by atoms with Crippen molar-refractivity contribution in [1.29, 1.82) is 5.26 Å². The Hall–Kier alpha value is -2.81. The van der Waals surface area contributed by atoms with Crippen LogP contribution in [0.25, 0.3) is 0 Å². The molecule has 2 aromatic rings. The number of benzene rings is 1. The van der Waals surface area contributed by atoms with Gasteiger partial charge in [-0.25, -0.2) is 8.42 Å². The quantitative estimate of drug-likeness (QED) is 0.655. The monoisotopic (exact) mass is 447 g/mol. The highest BCUT2D eigenvalue weighted by atomic mass is 32.2. The smallest absolute Gasteiger partial charge is 0.265 e. The van der Waals surface area contributed by atoms with E-state index in [-0.39, 0.29) is 48.4 Å². The standard InChI is InChI=1S/C19H21N5O4S2/c1-22-13-14(12-16(22)18(21)25)30(27,28)24-9-7-23(8-10-24)19(26)15-4-2-3-5-17(15)29-11-6-20/h2-5,12-13H,7-11H2,1H3,(H2,21,25). The van der Waals surface area contributed by atoms with E-state index in [2.05, 4.69) is 0 Å². The number of aryl methyl sites for hydroxylation is 1. The second kappa shape index (κ2) is 8.91. The number of piperazine rings is 1. The molecule has 0 radical (unpaired) electrons. The molecule has 0 bridgehead atoms. The van der Waals surface area contributed by atoms with Crippen molar-refractivity contribution >= 4 is 33.6 Å². The van der Waals surface area contributed by atoms with E-state index in [0.717, 1.165) is 4.90 Å². The average molecular weight is 448 g/mol. The first-order chi connectivity index (χ1) is 14.3. The molecule has 1 fully saturated rings. The van der Waals surface area contributed by atoms with Crippen molar-refractivity contribution in [2.45, 2.75) is 9.79 Å². The van der Waals surface area contributed by atoms with Gasteiger partial charge >= 0.3 is 0 Å². The minimum Gasteiger partial charge on any atom is -0.364 e. The Balaban J connectivity index is 1.72. The number of nitriles is 1. The van der Waals surface area contributed by atoms with Gasteiger partial charge in [0.2, 0.25) is 10.0 Å². The number of carbonyl (C=O) groups excluding carboxylic acids is 2. The maximum absolute atomic E-state index is 12.9. The summed E-state index contributed by atoms with van der Waals surface area (Å²) in [6.45, 7) is 0.764. The molecule has 1 aliphatic heterocycles. The summed E-state index contributed by atoms with van der Waals surface area (Å²) in [7, 11) is -2.25. The van der Waals surface area contributed by atoms with Gasteiger partial charge in [0.25, 0.3) is 11.8 Å². The average Bonchev–Trinajstić information content (AvgIpc) is 3.15. The Kier molecular flexibility index (Phi) is 6.50. The van der Waals surface area contributed by atoms with E-state index in [1.54, 1.807) is 36.2 Å². The van der Waals surface area contributed by atoms with Crippen LogP contribution >= 0.6 is 11.8 Å². The second-order valence-corrected chi connectivity index (χ2v) is 9.63. The molecule has 0 saturated carbocycles. The molecule has 1 aromatic carbocycles. The molecule has 158 valence electrons. The molecule has 0 unspecified atom stereocenters. The zero-order chi connectivity index (χ0) is 21.9. The summed E-state index contributed by atoms with van der Waals surface area (Å²) in [6.07, 6.45) is 1.36. The van der Waals surface area contributed by atoms with Crippen LogP contribution in [0.1, 0.15) is 20.8 Å². The third-order valence-electron chi connectivity index (χ3n) is 4.81. The molecule has 0 atom stereocenters. The van der Waals surface area contributed by atoms with Crippen LogP contribution in [0.15, 0.2) is 46.3 Å². The topological polar surface area (TPSA) is 130 Å². The van der Waals surface area contributed by atoms with Crippen LogP contribution in [-0.4, -0.2) is 65.9 Å². The highest BCUT2D eigenvalue weighted by Gasteiger charge is 2.32. The van der Waals surface area contributed by atoms with Crippen LogP contribution in [0.2, 0.25) is 0 Å². The predicted octanol–water partition coefficient (Wildman–Crippen LogP) is 0.886. The van der Waals surface area contributed by atoms with Gasteiger partial charge in [-0.05, 0) is 18.2 Å². The lowest BCUT2D eigenvalue weighted by Crippen LogP contribution is -2.50. The summed E-state index contributed by atoms with van der Waals surface area (Å²) in [5.41, 5.74) is 5.88. The number of carbonyl (C=O) groups is 2. The summed E-state index contributed by atoms with van der Waals surface area (Å²) in [5, 5.41) is 8.80. The fourth-order valence-electron chi connectivity index (χ4n) is 3.25. The number of amides is 2. The van der Waals surface area contributed by atoms with Crippen molar-refractivity contribution in [1.82, 2.24) is 13.8 Å². The van der Waals surface area contributed by atoms with E-state index >= 15 is 0 Å². The number of sulfonamides is 1. The summed E-state index contributed by atoms with van der Waals surface area (Å²) in [4.78, 5) is 26.7. The molecule has 2 heterocycles. The molecule has 2 amide bonds. The molecule has 9 nitrogen and oxygen atoms in total. The van der Waals surface area contributed by atoms with Gasteiger partial charge in [0.05, 0.1) is 17.4 Å². The molecule has 2 N–H and O–H groups in total. The van der Waals surface area contributed by atoms with Gasteiger partial charge in [-0.3, -0.25) is 9.59 Å². The van der Waals surface area contributed by atoms with Crippen LogP contribution in [0.5, 0.6) is 0 Å². The maximum Gasteiger partial charge on any atom is 0.265 e. The van der Waals surface area contributed by atoms with Crippen molar-refractivity contribution < 1.29 is 18.0 Å². The van der Waals surface area contributed by atoms with Crippen molar-refractivity contribution in [2.75, 3.05) is 31.9 Å². The molecule has 1 aromatic heterocycles. The molecule has 0 aliphatic carbocycles. The number of nitrogens with zero attached hydrogens (tertiary/aromatic N) is 4. The van der Waals surface area contributed by atoms with Gasteiger partial charge in [0, 0.05) is 44.3 Å². The highest BCUT2D eigenvalue weighted by Crippen LogP contribution is 2.25. The zero-order valence-corrected chi connectivity index (χ0v) is 17.9. The van der Waals surface area contributed by atoms with Gasteiger partial charge in [-0.1, -0.05) is 12.1 Å². The summed E-state index contributed by atoms with van der Waals surface area (Å²) in [5.74, 6) is -0.660. The zero-order valence-electron chi connectivity index (χ0n) is 16.3. The minimum atomic E-state index is -3.80. The summed E-state index contributed by atoms with van der Waals surface area (Å²) < 4.78 is 28.5. The van der Waals surface area contributed by atoms with E-state index in [1.807, 2.05) is 6.07 Å². The van der Waals surface area contributed by atoms with Crippen LogP contribution in [-0.2, 0) is 17.1 Å². The summed E-state index contributed by atoms with van der Waals surface area (Å²) in [6, 6.07) is 10.4. The first kappa shape index (κ1) is 21.9. The van der Waals surface area contributed by atoms with Gasteiger partial charge < -0.3 is 15.2 Å². The number of hydrogen-bond acceptors (Lipinski definition) is 6. The molecule has 30 heavy (non-hydrogen) atoms. The van der Waals surface area contributed by atoms with E-state index in [1.165, 1.54) is 32.9 Å². The minimum absolute atomic E-state index is 0.00294. The Morgan fingerprint density at radius 1 is 1.20 bits per heavy atom. The van der Waals surface area contributed by atoms with Gasteiger partial charge in [0.1, 0.15) is 10.6 Å². The van der Waals surface area contributed by atoms with Crippen LogP contribution < -0.4 is 5.73 Å². The predicted molar refractivity (Wildman–Crippen MR) is 111 cm³/mol. The number of aromatic nitrogens is 1. The number of hydrogen-bond donors (Lipinski definition) is 1. The molecule has 1 aliphatic rings. The lowest BCUT2D eigenvalue weighted by Gasteiger charge is -2.34. The third-order valence-corrected chi connectivity index (χ3v) is 7.61. The van der Waals surface area contributed by atoms with Crippen LogP contribution in [0.4, 0.5) is 0 Å². The molecule has 1 saturated heterocycles. The molecule has 3 rings (SSSR count). The van der Waals surface area contributed by atoms with Crippen molar-refractivity contribution in [3.05, 3.63) is 47.8 Å². The van der Waals surface area contributed by atoms with Gasteiger partial charge in [0.15, 0.2) is 0 Å². The van der Waals surface area contributed by atoms with Crippen molar-refractivity contribution in [2.24, 2.45) is 12.8 Å². The Morgan fingerprint density at radius 3 is 2.47 bits per heavy atom. The first-order valence-corrected chi connectivity index (χ1v) is 11.5. The van der Waals surface area contributed by atoms with E-state index in [4.69, 9.17) is 11.0 Å². The fraction of sp³-hybridized carbons (Fsp3) is 0.316. The largest absolute Gasteiger partial charge is 0.364 e. The number of rotatable bonds is 6. The van der Waals surface area contributed by atoms with E-state index in [0.29, 0.717) is 5.56 Å². The highest BCUT2D eigenvalue weighted by molar-refractivity contribution is 7.99. The molecular formula is C19H21N5O4S2. The van der Waals surface area contributed by atoms with Gasteiger partial charge in [-0.2, -0.15) is 9.57 Å². The third kappa shape index (κ3) is 4.35. The fourth-order valence-corrected chi connectivity index (χ4v) is 5.45. The van der Waals surface area contributed by atoms with Crippen LogP contribution in [0.3, 0.4) is 0 Å². The Bertz CT molecular complexity index is 1110. The Labute approximate surface area is 179 Å². The number of thioether (sulfide) groups is 1. The molecular weight excluding hydrogens is 426 g/mol. The lowest BCUT2D eigenvalue weighted by atomic mass is 10.2. The molecule has 11 heteroatoms. The van der Waals surface area contributed by atoms with Crippen molar-refractivity contribution in [3.8, 4) is 6.07 Å². The van der Waals surface area contributed by atoms with Gasteiger partial charge in [-0.15, -0.1) is 11.8 Å². The molecule has 0 spiro atoms. The summed E-state index contributed by atoms with van der Waals surface area (Å²) >= 11 is 1.29.